The first kappa shape index (κ1) is 14.2. The number of nitrogens with one attached hydrogen (secondary N) is 2. The minimum absolute atomic E-state index is 0.180. The second kappa shape index (κ2) is 6.27. The number of amides is 2. The SMILES string of the molecule is O=C(Nc1ccc(O)c(C(=O)O)c1)NC1CCCCC1. The Morgan fingerprint density at radius 1 is 1.15 bits per heavy atom. The number of carboxylic acids is 1. The molecule has 6 nitrogen and oxygen atoms in total. The van der Waals surface area contributed by atoms with Crippen LogP contribution >= 0.6 is 0 Å². The van der Waals surface area contributed by atoms with Gasteiger partial charge in [-0.2, -0.15) is 0 Å². The summed E-state index contributed by atoms with van der Waals surface area (Å²) in [6.07, 6.45) is 5.40. The fourth-order valence-corrected chi connectivity index (χ4v) is 2.38. The van der Waals surface area contributed by atoms with Crippen LogP contribution in [0.25, 0.3) is 0 Å². The third-order valence-corrected chi connectivity index (χ3v) is 3.43. The lowest BCUT2D eigenvalue weighted by Crippen LogP contribution is -2.39. The second-order valence-corrected chi connectivity index (χ2v) is 4.97. The molecule has 1 aliphatic rings. The molecule has 2 rings (SSSR count). The van der Waals surface area contributed by atoms with Crippen molar-refractivity contribution in [2.75, 3.05) is 5.32 Å². The predicted octanol–water partition coefficient (Wildman–Crippen LogP) is 2.54. The van der Waals surface area contributed by atoms with E-state index in [2.05, 4.69) is 10.6 Å². The van der Waals surface area contributed by atoms with Crippen LogP contribution in [0.5, 0.6) is 5.75 Å². The molecule has 0 aliphatic heterocycles. The molecule has 1 aromatic carbocycles. The summed E-state index contributed by atoms with van der Waals surface area (Å²) in [5.74, 6) is -1.56. The van der Waals surface area contributed by atoms with Gasteiger partial charge in [0.25, 0.3) is 0 Å². The van der Waals surface area contributed by atoms with E-state index in [0.29, 0.717) is 5.69 Å². The van der Waals surface area contributed by atoms with Crippen molar-refractivity contribution >= 4 is 17.7 Å². The van der Waals surface area contributed by atoms with Gasteiger partial charge < -0.3 is 20.8 Å². The first-order valence-electron chi connectivity index (χ1n) is 6.70. The van der Waals surface area contributed by atoms with Gasteiger partial charge in [0.2, 0.25) is 0 Å². The molecule has 0 bridgehead atoms. The van der Waals surface area contributed by atoms with Crippen molar-refractivity contribution in [2.24, 2.45) is 0 Å². The van der Waals surface area contributed by atoms with Gasteiger partial charge in [-0.1, -0.05) is 19.3 Å². The van der Waals surface area contributed by atoms with Crippen LogP contribution in [-0.2, 0) is 0 Å². The summed E-state index contributed by atoms with van der Waals surface area (Å²) in [6, 6.07) is 3.78. The summed E-state index contributed by atoms with van der Waals surface area (Å²) in [6.45, 7) is 0. The topological polar surface area (TPSA) is 98.7 Å². The van der Waals surface area contributed by atoms with E-state index in [-0.39, 0.29) is 23.4 Å². The molecule has 4 N–H and O–H groups in total. The van der Waals surface area contributed by atoms with E-state index in [1.165, 1.54) is 24.6 Å². The number of carbonyl (C=O) groups excluding carboxylic acids is 1. The van der Waals surface area contributed by atoms with Gasteiger partial charge >= 0.3 is 12.0 Å². The summed E-state index contributed by atoms with van der Waals surface area (Å²) in [4.78, 5) is 22.7. The number of hydrogen-bond donors (Lipinski definition) is 4. The van der Waals surface area contributed by atoms with Gasteiger partial charge in [-0.15, -0.1) is 0 Å². The maximum absolute atomic E-state index is 11.8. The number of urea groups is 1. The fraction of sp³-hybridized carbons (Fsp3) is 0.429. The van der Waals surface area contributed by atoms with Gasteiger partial charge in [0.1, 0.15) is 11.3 Å². The summed E-state index contributed by atoms with van der Waals surface area (Å²) in [7, 11) is 0. The van der Waals surface area contributed by atoms with E-state index >= 15 is 0 Å². The van der Waals surface area contributed by atoms with E-state index < -0.39 is 5.97 Å². The van der Waals surface area contributed by atoms with Crippen molar-refractivity contribution in [2.45, 2.75) is 38.1 Å². The first-order valence-corrected chi connectivity index (χ1v) is 6.70. The molecule has 0 atom stereocenters. The fourth-order valence-electron chi connectivity index (χ4n) is 2.38. The quantitative estimate of drug-likeness (QED) is 0.638. The van der Waals surface area contributed by atoms with Crippen LogP contribution in [0.2, 0.25) is 0 Å². The summed E-state index contributed by atoms with van der Waals surface area (Å²) in [5.41, 5.74) is 0.106. The Hall–Kier alpha value is -2.24. The second-order valence-electron chi connectivity index (χ2n) is 4.97. The maximum Gasteiger partial charge on any atom is 0.339 e. The number of rotatable bonds is 3. The lowest BCUT2D eigenvalue weighted by atomic mass is 9.96. The first-order chi connectivity index (χ1) is 9.56. The van der Waals surface area contributed by atoms with Crippen LogP contribution in [0, 0.1) is 0 Å². The molecule has 2 amide bonds. The number of carboxylic acid groups (broad SMARTS) is 1. The van der Waals surface area contributed by atoms with Gasteiger partial charge in [0, 0.05) is 11.7 Å². The lowest BCUT2D eigenvalue weighted by Gasteiger charge is -2.22. The largest absolute Gasteiger partial charge is 0.507 e. The molecule has 0 aromatic heterocycles. The van der Waals surface area contributed by atoms with Crippen molar-refractivity contribution in [3.05, 3.63) is 23.8 Å². The third-order valence-electron chi connectivity index (χ3n) is 3.43. The van der Waals surface area contributed by atoms with E-state index in [4.69, 9.17) is 5.11 Å². The van der Waals surface area contributed by atoms with Gasteiger partial charge in [-0.25, -0.2) is 9.59 Å². The highest BCUT2D eigenvalue weighted by molar-refractivity contribution is 5.95. The van der Waals surface area contributed by atoms with Crippen LogP contribution in [0.15, 0.2) is 18.2 Å². The highest BCUT2D eigenvalue weighted by atomic mass is 16.4. The average Bonchev–Trinajstić information content (AvgIpc) is 2.41. The zero-order chi connectivity index (χ0) is 14.5. The van der Waals surface area contributed by atoms with Crippen LogP contribution in [0.3, 0.4) is 0 Å². The van der Waals surface area contributed by atoms with Crippen LogP contribution in [0.4, 0.5) is 10.5 Å². The normalized spacial score (nSPS) is 15.6. The number of phenols is 1. The molecule has 0 radical (unpaired) electrons. The Labute approximate surface area is 116 Å². The zero-order valence-electron chi connectivity index (χ0n) is 11.1. The predicted molar refractivity (Wildman–Crippen MR) is 74.1 cm³/mol. The van der Waals surface area contributed by atoms with Gasteiger partial charge in [-0.05, 0) is 31.0 Å². The molecule has 1 fully saturated rings. The molecular formula is C14H18N2O4. The van der Waals surface area contributed by atoms with Gasteiger partial charge in [0.15, 0.2) is 0 Å². The summed E-state index contributed by atoms with van der Waals surface area (Å²) < 4.78 is 0. The Bertz CT molecular complexity index is 510. The molecule has 0 heterocycles. The Kier molecular flexibility index (Phi) is 4.45. The Balaban J connectivity index is 1.96. The molecule has 1 saturated carbocycles. The average molecular weight is 278 g/mol. The van der Waals surface area contributed by atoms with Gasteiger partial charge in [0.05, 0.1) is 0 Å². The smallest absolute Gasteiger partial charge is 0.339 e. The summed E-state index contributed by atoms with van der Waals surface area (Å²) in [5, 5.41) is 23.7. The zero-order valence-corrected chi connectivity index (χ0v) is 11.1. The number of aromatic carboxylic acids is 1. The minimum Gasteiger partial charge on any atom is -0.507 e. The third kappa shape index (κ3) is 3.63. The van der Waals surface area contributed by atoms with Gasteiger partial charge in [-0.3, -0.25) is 0 Å². The van der Waals surface area contributed by atoms with E-state index in [9.17, 15) is 14.7 Å². The standard InChI is InChI=1S/C14H18N2O4/c17-12-7-6-10(8-11(12)13(18)19)16-14(20)15-9-4-2-1-3-5-9/h6-9,17H,1-5H2,(H,18,19)(H2,15,16,20). The van der Waals surface area contributed by atoms with Crippen molar-refractivity contribution in [1.82, 2.24) is 5.32 Å². The van der Waals surface area contributed by atoms with Crippen LogP contribution in [-0.4, -0.2) is 28.3 Å². The number of anilines is 1. The van der Waals surface area contributed by atoms with Crippen molar-refractivity contribution < 1.29 is 19.8 Å². The number of carbonyl (C=O) groups is 2. The Morgan fingerprint density at radius 3 is 2.50 bits per heavy atom. The number of benzene rings is 1. The monoisotopic (exact) mass is 278 g/mol. The van der Waals surface area contributed by atoms with E-state index in [0.717, 1.165) is 25.7 Å². The molecule has 0 spiro atoms. The molecule has 6 heteroatoms. The van der Waals surface area contributed by atoms with Crippen molar-refractivity contribution in [3.63, 3.8) is 0 Å². The van der Waals surface area contributed by atoms with Crippen LogP contribution < -0.4 is 10.6 Å². The summed E-state index contributed by atoms with van der Waals surface area (Å²) >= 11 is 0. The van der Waals surface area contributed by atoms with Crippen molar-refractivity contribution in [1.29, 1.82) is 0 Å². The molecule has 0 saturated heterocycles. The number of aromatic hydroxyl groups is 1. The van der Waals surface area contributed by atoms with Crippen molar-refractivity contribution in [3.8, 4) is 5.75 Å². The minimum atomic E-state index is -1.24. The lowest BCUT2D eigenvalue weighted by molar-refractivity contribution is 0.0693. The molecule has 20 heavy (non-hydrogen) atoms. The maximum atomic E-state index is 11.8. The molecule has 1 aliphatic carbocycles. The number of hydrogen-bond acceptors (Lipinski definition) is 3. The highest BCUT2D eigenvalue weighted by Gasteiger charge is 2.16. The molecular weight excluding hydrogens is 260 g/mol. The van der Waals surface area contributed by atoms with E-state index in [1.54, 1.807) is 0 Å². The molecule has 0 unspecified atom stereocenters. The Morgan fingerprint density at radius 2 is 1.85 bits per heavy atom. The highest BCUT2D eigenvalue weighted by Crippen LogP contribution is 2.22. The molecule has 108 valence electrons. The van der Waals surface area contributed by atoms with E-state index in [1.807, 2.05) is 0 Å². The molecule has 1 aromatic rings. The van der Waals surface area contributed by atoms with Crippen LogP contribution in [0.1, 0.15) is 42.5 Å².